The zero-order valence-electron chi connectivity index (χ0n) is 13.0. The predicted octanol–water partition coefficient (Wildman–Crippen LogP) is 1.72. The highest BCUT2D eigenvalue weighted by Gasteiger charge is 2.34. The Morgan fingerprint density at radius 3 is 2.79 bits per heavy atom. The first-order valence-corrected chi connectivity index (χ1v) is 7.19. The number of nitrogens with one attached hydrogen (secondary N) is 1. The van der Waals surface area contributed by atoms with Crippen molar-refractivity contribution < 1.29 is 0 Å². The fourth-order valence-electron chi connectivity index (χ4n) is 3.35. The van der Waals surface area contributed by atoms with E-state index in [0.717, 1.165) is 26.2 Å². The Kier molecular flexibility index (Phi) is 4.02. The number of hydrogen-bond donors (Lipinski definition) is 1. The van der Waals surface area contributed by atoms with Crippen LogP contribution in [0.2, 0.25) is 0 Å². The van der Waals surface area contributed by atoms with Crippen molar-refractivity contribution in [3.05, 3.63) is 18.2 Å². The van der Waals surface area contributed by atoms with E-state index in [1.165, 1.54) is 12.1 Å². The van der Waals surface area contributed by atoms with Crippen LogP contribution in [-0.2, 0) is 12.0 Å². The van der Waals surface area contributed by atoms with Crippen LogP contribution in [0.25, 0.3) is 0 Å². The Morgan fingerprint density at radius 1 is 1.47 bits per heavy atom. The second-order valence-electron chi connectivity index (χ2n) is 7.30. The average Bonchev–Trinajstić information content (AvgIpc) is 2.85. The minimum absolute atomic E-state index is 0.241. The van der Waals surface area contributed by atoms with Crippen LogP contribution in [0.15, 0.2) is 12.5 Å². The standard InChI is InChI=1S/C15H28N4/c1-14(2,10-18(4)5)11-19-12-17-8-13(19)15(3)6-7-16-9-15/h8,12,16H,6-7,9-11H2,1-5H3. The topological polar surface area (TPSA) is 33.1 Å². The molecule has 19 heavy (non-hydrogen) atoms. The van der Waals surface area contributed by atoms with Gasteiger partial charge in [0.15, 0.2) is 0 Å². The van der Waals surface area contributed by atoms with Crippen molar-refractivity contribution in [2.24, 2.45) is 5.41 Å². The molecule has 2 rings (SSSR count). The molecule has 1 atom stereocenters. The second kappa shape index (κ2) is 5.25. The molecule has 1 aliphatic heterocycles. The van der Waals surface area contributed by atoms with Gasteiger partial charge in [0.05, 0.1) is 6.33 Å². The minimum Gasteiger partial charge on any atom is -0.333 e. The van der Waals surface area contributed by atoms with E-state index < -0.39 is 0 Å². The molecule has 0 bridgehead atoms. The SMILES string of the molecule is CN(C)CC(C)(C)Cn1cncc1C1(C)CCNC1. The quantitative estimate of drug-likeness (QED) is 0.879. The lowest BCUT2D eigenvalue weighted by Crippen LogP contribution is -2.35. The fourth-order valence-corrected chi connectivity index (χ4v) is 3.35. The van der Waals surface area contributed by atoms with Crippen LogP contribution in [0.3, 0.4) is 0 Å². The summed E-state index contributed by atoms with van der Waals surface area (Å²) in [6, 6.07) is 0. The molecule has 1 aromatic rings. The summed E-state index contributed by atoms with van der Waals surface area (Å²) in [5.74, 6) is 0. The van der Waals surface area contributed by atoms with Crippen molar-refractivity contribution in [1.82, 2.24) is 19.8 Å². The molecule has 1 N–H and O–H groups in total. The van der Waals surface area contributed by atoms with Crippen molar-refractivity contribution in [2.75, 3.05) is 33.7 Å². The highest BCUT2D eigenvalue weighted by molar-refractivity contribution is 5.17. The smallest absolute Gasteiger partial charge is 0.0948 e. The van der Waals surface area contributed by atoms with E-state index >= 15 is 0 Å². The molecule has 1 aliphatic rings. The highest BCUT2D eigenvalue weighted by Crippen LogP contribution is 2.31. The number of aromatic nitrogens is 2. The van der Waals surface area contributed by atoms with E-state index in [1.54, 1.807) is 0 Å². The molecule has 0 spiro atoms. The maximum atomic E-state index is 4.40. The number of nitrogens with zero attached hydrogens (tertiary/aromatic N) is 3. The number of hydrogen-bond acceptors (Lipinski definition) is 3. The minimum atomic E-state index is 0.241. The summed E-state index contributed by atoms with van der Waals surface area (Å²) in [5.41, 5.74) is 1.87. The van der Waals surface area contributed by atoms with Crippen LogP contribution in [0.4, 0.5) is 0 Å². The van der Waals surface area contributed by atoms with Crippen LogP contribution in [-0.4, -0.2) is 48.2 Å². The summed E-state index contributed by atoms with van der Waals surface area (Å²) >= 11 is 0. The lowest BCUT2D eigenvalue weighted by molar-refractivity contribution is 0.207. The van der Waals surface area contributed by atoms with Crippen molar-refractivity contribution >= 4 is 0 Å². The third-order valence-corrected chi connectivity index (χ3v) is 4.04. The molecule has 4 nitrogen and oxygen atoms in total. The molecular formula is C15H28N4. The summed E-state index contributed by atoms with van der Waals surface area (Å²) in [7, 11) is 4.28. The van der Waals surface area contributed by atoms with E-state index in [4.69, 9.17) is 0 Å². The number of rotatable bonds is 5. The van der Waals surface area contributed by atoms with Gasteiger partial charge in [-0.15, -0.1) is 0 Å². The molecule has 2 heterocycles. The van der Waals surface area contributed by atoms with Gasteiger partial charge in [-0.2, -0.15) is 0 Å². The van der Waals surface area contributed by atoms with Crippen LogP contribution < -0.4 is 5.32 Å². The second-order valence-corrected chi connectivity index (χ2v) is 7.30. The molecule has 1 unspecified atom stereocenters. The Labute approximate surface area is 117 Å². The van der Waals surface area contributed by atoms with Crippen molar-refractivity contribution in [3.63, 3.8) is 0 Å². The summed E-state index contributed by atoms with van der Waals surface area (Å²) < 4.78 is 2.36. The van der Waals surface area contributed by atoms with Crippen LogP contribution in [0, 0.1) is 5.41 Å². The predicted molar refractivity (Wildman–Crippen MR) is 79.4 cm³/mol. The zero-order chi connectivity index (χ0) is 14.1. The molecule has 0 amide bonds. The molecule has 0 saturated carbocycles. The van der Waals surface area contributed by atoms with Crippen molar-refractivity contribution in [3.8, 4) is 0 Å². The van der Waals surface area contributed by atoms with Crippen molar-refractivity contribution in [1.29, 1.82) is 0 Å². The van der Waals surface area contributed by atoms with Gasteiger partial charge in [0.1, 0.15) is 0 Å². The molecule has 1 saturated heterocycles. The van der Waals surface area contributed by atoms with E-state index in [1.807, 2.05) is 6.33 Å². The van der Waals surface area contributed by atoms with Gasteiger partial charge in [0, 0.05) is 36.9 Å². The van der Waals surface area contributed by atoms with Gasteiger partial charge in [0.2, 0.25) is 0 Å². The first-order valence-electron chi connectivity index (χ1n) is 7.19. The largest absolute Gasteiger partial charge is 0.333 e. The zero-order valence-corrected chi connectivity index (χ0v) is 13.0. The van der Waals surface area contributed by atoms with Gasteiger partial charge in [-0.25, -0.2) is 4.98 Å². The third kappa shape index (κ3) is 3.37. The molecule has 4 heteroatoms. The van der Waals surface area contributed by atoms with Gasteiger partial charge in [-0.3, -0.25) is 0 Å². The lowest BCUT2D eigenvalue weighted by atomic mass is 9.85. The third-order valence-electron chi connectivity index (χ3n) is 4.04. The fraction of sp³-hybridized carbons (Fsp3) is 0.800. The monoisotopic (exact) mass is 264 g/mol. The maximum Gasteiger partial charge on any atom is 0.0948 e. The highest BCUT2D eigenvalue weighted by atomic mass is 15.1. The van der Waals surface area contributed by atoms with Gasteiger partial charge < -0.3 is 14.8 Å². The van der Waals surface area contributed by atoms with Crippen LogP contribution >= 0.6 is 0 Å². The van der Waals surface area contributed by atoms with Gasteiger partial charge in [0.25, 0.3) is 0 Å². The molecule has 1 aromatic heterocycles. The van der Waals surface area contributed by atoms with E-state index in [-0.39, 0.29) is 10.8 Å². The lowest BCUT2D eigenvalue weighted by Gasteiger charge is -2.32. The van der Waals surface area contributed by atoms with E-state index in [0.29, 0.717) is 0 Å². The van der Waals surface area contributed by atoms with Gasteiger partial charge in [-0.1, -0.05) is 20.8 Å². The van der Waals surface area contributed by atoms with E-state index in [9.17, 15) is 0 Å². The maximum absolute atomic E-state index is 4.40. The van der Waals surface area contributed by atoms with Crippen molar-refractivity contribution in [2.45, 2.75) is 39.2 Å². The Morgan fingerprint density at radius 2 is 2.21 bits per heavy atom. The van der Waals surface area contributed by atoms with Crippen LogP contribution in [0.1, 0.15) is 32.9 Å². The average molecular weight is 264 g/mol. The van der Waals surface area contributed by atoms with Crippen LogP contribution in [0.5, 0.6) is 0 Å². The molecule has 0 aromatic carbocycles. The summed E-state index contributed by atoms with van der Waals surface area (Å²) in [6.45, 7) is 11.3. The molecule has 108 valence electrons. The Hall–Kier alpha value is -0.870. The Balaban J connectivity index is 2.16. The van der Waals surface area contributed by atoms with Gasteiger partial charge >= 0.3 is 0 Å². The molecular weight excluding hydrogens is 236 g/mol. The Bertz CT molecular complexity index is 414. The molecule has 0 aliphatic carbocycles. The summed E-state index contributed by atoms with van der Waals surface area (Å²) in [4.78, 5) is 6.66. The first kappa shape index (κ1) is 14.5. The summed E-state index contributed by atoms with van der Waals surface area (Å²) in [6.07, 6.45) is 5.25. The normalized spacial score (nSPS) is 24.3. The molecule has 0 radical (unpaired) electrons. The molecule has 1 fully saturated rings. The number of imidazole rings is 1. The first-order chi connectivity index (χ1) is 8.82. The summed E-state index contributed by atoms with van der Waals surface area (Å²) in [5, 5.41) is 3.47. The van der Waals surface area contributed by atoms with Gasteiger partial charge in [-0.05, 0) is 32.5 Å². The van der Waals surface area contributed by atoms with E-state index in [2.05, 4.69) is 60.8 Å².